The fourth-order valence-electron chi connectivity index (χ4n) is 2.26. The van der Waals surface area contributed by atoms with Crippen LogP contribution in [0.15, 0.2) is 18.2 Å². The van der Waals surface area contributed by atoms with E-state index in [9.17, 15) is 9.90 Å². The van der Waals surface area contributed by atoms with Gasteiger partial charge >= 0.3 is 0 Å². The van der Waals surface area contributed by atoms with Crippen molar-refractivity contribution in [2.45, 2.75) is 19.1 Å². The van der Waals surface area contributed by atoms with Crippen LogP contribution in [0.1, 0.15) is 17.3 Å². The van der Waals surface area contributed by atoms with Crippen molar-refractivity contribution in [3.63, 3.8) is 0 Å². The van der Waals surface area contributed by atoms with E-state index in [1.165, 1.54) is 6.92 Å². The van der Waals surface area contributed by atoms with Crippen molar-refractivity contribution in [1.82, 2.24) is 9.55 Å². The molecule has 2 aromatic rings. The molecule has 0 spiro atoms. The van der Waals surface area contributed by atoms with Gasteiger partial charge in [0.2, 0.25) is 5.95 Å². The van der Waals surface area contributed by atoms with Crippen molar-refractivity contribution >= 4 is 22.8 Å². The lowest BCUT2D eigenvalue weighted by atomic mass is 10.0. The lowest BCUT2D eigenvalue weighted by molar-refractivity contribution is -0.184. The number of hydrogen-bond acceptors (Lipinski definition) is 5. The van der Waals surface area contributed by atoms with Gasteiger partial charge in [0.15, 0.2) is 5.78 Å². The Bertz CT molecular complexity index is 658. The highest BCUT2D eigenvalue weighted by Gasteiger charge is 2.37. The molecule has 0 aliphatic carbocycles. The van der Waals surface area contributed by atoms with E-state index in [2.05, 4.69) is 4.98 Å². The van der Waals surface area contributed by atoms with Crippen LogP contribution in [0.3, 0.4) is 0 Å². The number of fused-ring (bicyclic) bond motifs is 1. The van der Waals surface area contributed by atoms with Gasteiger partial charge in [-0.15, -0.1) is 0 Å². The highest BCUT2D eigenvalue weighted by atomic mass is 16.5. The van der Waals surface area contributed by atoms with Crippen LogP contribution >= 0.6 is 0 Å². The minimum Gasteiger partial charge on any atom is -0.383 e. The molecular weight excluding hydrogens is 246 g/mol. The van der Waals surface area contributed by atoms with Crippen molar-refractivity contribution in [3.8, 4) is 0 Å². The van der Waals surface area contributed by atoms with Crippen LogP contribution in [0.4, 0.5) is 5.95 Å². The van der Waals surface area contributed by atoms with Crippen LogP contribution in [0.5, 0.6) is 0 Å². The highest BCUT2D eigenvalue weighted by Crippen LogP contribution is 2.25. The Morgan fingerprint density at radius 3 is 2.89 bits per heavy atom. The number of benzene rings is 1. The van der Waals surface area contributed by atoms with Crippen LogP contribution in [0, 0.1) is 0 Å². The molecule has 19 heavy (non-hydrogen) atoms. The zero-order valence-electron chi connectivity index (χ0n) is 10.6. The van der Waals surface area contributed by atoms with Crippen LogP contribution in [-0.4, -0.2) is 39.3 Å². The Morgan fingerprint density at radius 2 is 2.32 bits per heavy atom. The first-order valence-corrected chi connectivity index (χ1v) is 6.05. The van der Waals surface area contributed by atoms with Gasteiger partial charge in [-0.05, 0) is 25.1 Å². The second-order valence-electron chi connectivity index (χ2n) is 5.03. The maximum Gasteiger partial charge on any atom is 0.201 e. The second kappa shape index (κ2) is 4.04. The molecule has 0 unspecified atom stereocenters. The lowest BCUT2D eigenvalue weighted by Crippen LogP contribution is -2.52. The number of imidazole rings is 1. The summed E-state index contributed by atoms with van der Waals surface area (Å²) in [7, 11) is 0. The average molecular weight is 261 g/mol. The molecule has 1 aliphatic heterocycles. The van der Waals surface area contributed by atoms with Crippen molar-refractivity contribution in [3.05, 3.63) is 23.8 Å². The molecule has 3 rings (SSSR count). The van der Waals surface area contributed by atoms with Gasteiger partial charge in [0.25, 0.3) is 0 Å². The largest absolute Gasteiger partial charge is 0.383 e. The summed E-state index contributed by atoms with van der Waals surface area (Å²) in [6.07, 6.45) is 0. The fourth-order valence-corrected chi connectivity index (χ4v) is 2.26. The van der Waals surface area contributed by atoms with Crippen LogP contribution < -0.4 is 5.73 Å². The van der Waals surface area contributed by atoms with Crippen LogP contribution in [0.2, 0.25) is 0 Å². The van der Waals surface area contributed by atoms with Gasteiger partial charge in [-0.25, -0.2) is 4.98 Å². The number of ether oxygens (including phenoxy) is 1. The minimum atomic E-state index is -0.874. The molecule has 1 aromatic heterocycles. The van der Waals surface area contributed by atoms with Gasteiger partial charge in [-0.3, -0.25) is 4.79 Å². The monoisotopic (exact) mass is 261 g/mol. The Balaban J connectivity index is 2.04. The van der Waals surface area contributed by atoms with Gasteiger partial charge in [-0.1, -0.05) is 0 Å². The molecule has 0 bridgehead atoms. The topological polar surface area (TPSA) is 90.4 Å². The second-order valence-corrected chi connectivity index (χ2v) is 5.03. The normalized spacial score (nSPS) is 17.4. The average Bonchev–Trinajstić information content (AvgIpc) is 2.63. The first kappa shape index (κ1) is 12.1. The summed E-state index contributed by atoms with van der Waals surface area (Å²) in [5.74, 6) is 0.317. The Kier molecular flexibility index (Phi) is 2.58. The first-order chi connectivity index (χ1) is 8.98. The van der Waals surface area contributed by atoms with Crippen molar-refractivity contribution < 1.29 is 14.6 Å². The number of carbonyl (C=O) groups is 1. The van der Waals surface area contributed by atoms with E-state index in [-0.39, 0.29) is 5.78 Å². The highest BCUT2D eigenvalue weighted by molar-refractivity contribution is 5.97. The van der Waals surface area contributed by atoms with E-state index in [0.717, 1.165) is 5.52 Å². The SMILES string of the molecule is CC(=O)c1ccc2c(c1)nc(N)n2CC1(O)COC1. The quantitative estimate of drug-likeness (QED) is 0.789. The summed E-state index contributed by atoms with van der Waals surface area (Å²) in [4.78, 5) is 15.6. The molecule has 0 radical (unpaired) electrons. The zero-order chi connectivity index (χ0) is 13.6. The van der Waals surface area contributed by atoms with E-state index >= 15 is 0 Å². The van der Waals surface area contributed by atoms with Crippen molar-refractivity contribution in [2.24, 2.45) is 0 Å². The standard InChI is InChI=1S/C13H15N3O3/c1-8(17)9-2-3-11-10(4-9)15-12(14)16(11)5-13(18)6-19-7-13/h2-4,18H,5-7H2,1H3,(H2,14,15). The smallest absolute Gasteiger partial charge is 0.201 e. The number of nitrogens with zero attached hydrogens (tertiary/aromatic N) is 2. The maximum absolute atomic E-state index is 11.3. The molecule has 0 atom stereocenters. The maximum atomic E-state index is 11.3. The minimum absolute atomic E-state index is 0.0129. The number of carbonyl (C=O) groups excluding carboxylic acids is 1. The van der Waals surface area contributed by atoms with Gasteiger partial charge < -0.3 is 20.1 Å². The number of hydrogen-bond donors (Lipinski definition) is 2. The van der Waals surface area contributed by atoms with Crippen LogP contribution in [0.25, 0.3) is 11.0 Å². The number of ketones is 1. The van der Waals surface area contributed by atoms with Gasteiger partial charge in [0, 0.05) is 5.56 Å². The molecule has 1 aliphatic rings. The summed E-state index contributed by atoms with van der Waals surface area (Å²) in [5, 5.41) is 10.1. The Hall–Kier alpha value is -1.92. The van der Waals surface area contributed by atoms with E-state index in [1.54, 1.807) is 22.8 Å². The fraction of sp³-hybridized carbons (Fsp3) is 0.385. The molecule has 6 heteroatoms. The number of Topliss-reactive ketones (excluding diaryl/α,β-unsaturated/α-hetero) is 1. The molecule has 100 valence electrons. The molecule has 2 heterocycles. The van der Waals surface area contributed by atoms with Gasteiger partial charge in [0.05, 0.1) is 30.8 Å². The van der Waals surface area contributed by atoms with Crippen molar-refractivity contribution in [2.75, 3.05) is 18.9 Å². The van der Waals surface area contributed by atoms with E-state index < -0.39 is 5.60 Å². The number of aliphatic hydroxyl groups is 1. The molecule has 1 fully saturated rings. The molecule has 0 saturated carbocycles. The Labute approximate surface area is 109 Å². The molecular formula is C13H15N3O3. The summed E-state index contributed by atoms with van der Waals surface area (Å²) >= 11 is 0. The van der Waals surface area contributed by atoms with E-state index in [4.69, 9.17) is 10.5 Å². The molecule has 0 amide bonds. The molecule has 6 nitrogen and oxygen atoms in total. The molecule has 1 aromatic carbocycles. The van der Waals surface area contributed by atoms with Gasteiger partial charge in [-0.2, -0.15) is 0 Å². The summed E-state index contributed by atoms with van der Waals surface area (Å²) in [6, 6.07) is 5.26. The van der Waals surface area contributed by atoms with Gasteiger partial charge in [0.1, 0.15) is 5.60 Å². The lowest BCUT2D eigenvalue weighted by Gasteiger charge is -2.36. The summed E-state index contributed by atoms with van der Waals surface area (Å²) in [6.45, 7) is 2.46. The summed E-state index contributed by atoms with van der Waals surface area (Å²) in [5.41, 5.74) is 7.08. The third-order valence-electron chi connectivity index (χ3n) is 3.38. The predicted octanol–water partition coefficient (Wildman–Crippen LogP) is 0.582. The third kappa shape index (κ3) is 1.98. The summed E-state index contributed by atoms with van der Waals surface area (Å²) < 4.78 is 6.77. The van der Waals surface area contributed by atoms with Crippen molar-refractivity contribution in [1.29, 1.82) is 0 Å². The first-order valence-electron chi connectivity index (χ1n) is 6.05. The van der Waals surface area contributed by atoms with E-state index in [0.29, 0.717) is 36.8 Å². The van der Waals surface area contributed by atoms with E-state index in [1.807, 2.05) is 0 Å². The number of aromatic nitrogens is 2. The predicted molar refractivity (Wildman–Crippen MR) is 69.9 cm³/mol. The number of anilines is 1. The van der Waals surface area contributed by atoms with Crippen LogP contribution in [-0.2, 0) is 11.3 Å². The number of nitrogens with two attached hydrogens (primary N) is 1. The Morgan fingerprint density at radius 1 is 1.58 bits per heavy atom. The number of nitrogen functional groups attached to an aromatic ring is 1. The third-order valence-corrected chi connectivity index (χ3v) is 3.38. The molecule has 1 saturated heterocycles. The molecule has 3 N–H and O–H groups in total. The number of rotatable bonds is 3. The zero-order valence-corrected chi connectivity index (χ0v) is 10.6.